The van der Waals surface area contributed by atoms with Crippen LogP contribution in [0.25, 0.3) is 0 Å². The minimum absolute atomic E-state index is 0.134. The van der Waals surface area contributed by atoms with Gasteiger partial charge in [-0.3, -0.25) is 4.79 Å². The van der Waals surface area contributed by atoms with E-state index in [9.17, 15) is 4.79 Å². The molecule has 0 unspecified atom stereocenters. The van der Waals surface area contributed by atoms with Crippen LogP contribution in [0.2, 0.25) is 10.0 Å². The molecule has 1 fully saturated rings. The molecule has 1 aromatic carbocycles. The summed E-state index contributed by atoms with van der Waals surface area (Å²) in [4.78, 5) is 23.0. The van der Waals surface area contributed by atoms with Gasteiger partial charge in [0.15, 0.2) is 6.61 Å². The molecule has 3 rings (SSSR count). The fourth-order valence-electron chi connectivity index (χ4n) is 2.71. The molecule has 1 aliphatic heterocycles. The highest BCUT2D eigenvalue weighted by Crippen LogP contribution is 2.27. The number of amides is 1. The Morgan fingerprint density at radius 1 is 1.19 bits per heavy atom. The van der Waals surface area contributed by atoms with Gasteiger partial charge >= 0.3 is 0 Å². The molecular weight excluding hydrogens is 375 g/mol. The van der Waals surface area contributed by atoms with Crippen LogP contribution in [0.3, 0.4) is 0 Å². The van der Waals surface area contributed by atoms with Crippen LogP contribution >= 0.6 is 23.2 Å². The zero-order chi connectivity index (χ0) is 18.4. The van der Waals surface area contributed by atoms with E-state index in [-0.39, 0.29) is 12.5 Å². The number of piperidine rings is 1. The van der Waals surface area contributed by atoms with Gasteiger partial charge in [0.25, 0.3) is 5.91 Å². The van der Waals surface area contributed by atoms with E-state index in [2.05, 4.69) is 20.2 Å². The maximum Gasteiger partial charge on any atom is 0.258 e. The summed E-state index contributed by atoms with van der Waals surface area (Å²) in [6.45, 7) is 2.14. The number of hydrogen-bond acceptors (Lipinski definition) is 5. The van der Waals surface area contributed by atoms with Gasteiger partial charge in [-0.25, -0.2) is 9.97 Å². The highest BCUT2D eigenvalue weighted by molar-refractivity contribution is 6.35. The number of nitrogens with one attached hydrogen (secondary N) is 1. The topological polar surface area (TPSA) is 67.3 Å². The molecule has 0 aliphatic carbocycles. The molecule has 8 heteroatoms. The Kier molecular flexibility index (Phi) is 6.52. The number of halogens is 2. The maximum absolute atomic E-state index is 12.0. The van der Waals surface area contributed by atoms with Gasteiger partial charge in [-0.1, -0.05) is 23.2 Å². The minimum Gasteiger partial charge on any atom is -0.482 e. The number of aromatic nitrogens is 2. The van der Waals surface area contributed by atoms with E-state index >= 15 is 0 Å². The third-order valence-electron chi connectivity index (χ3n) is 4.06. The molecule has 26 heavy (non-hydrogen) atoms. The van der Waals surface area contributed by atoms with Gasteiger partial charge in [-0.2, -0.15) is 0 Å². The van der Waals surface area contributed by atoms with E-state index in [4.69, 9.17) is 27.9 Å². The van der Waals surface area contributed by atoms with E-state index in [1.165, 1.54) is 6.42 Å². The van der Waals surface area contributed by atoms with E-state index in [0.29, 0.717) is 22.3 Å². The van der Waals surface area contributed by atoms with E-state index in [1.807, 2.05) is 0 Å². The molecule has 0 atom stereocenters. The summed E-state index contributed by atoms with van der Waals surface area (Å²) in [7, 11) is 0. The van der Waals surface area contributed by atoms with Crippen molar-refractivity contribution in [1.29, 1.82) is 0 Å². The summed E-state index contributed by atoms with van der Waals surface area (Å²) in [5.41, 5.74) is 0.762. The van der Waals surface area contributed by atoms with Crippen LogP contribution in [-0.4, -0.2) is 35.6 Å². The molecule has 2 heterocycles. The van der Waals surface area contributed by atoms with Crippen molar-refractivity contribution in [2.45, 2.75) is 25.8 Å². The normalized spacial score (nSPS) is 14.2. The van der Waals surface area contributed by atoms with Gasteiger partial charge in [-0.15, -0.1) is 0 Å². The van der Waals surface area contributed by atoms with E-state index in [0.717, 1.165) is 37.6 Å². The summed E-state index contributed by atoms with van der Waals surface area (Å²) in [5.74, 6) is 0.885. The predicted molar refractivity (Wildman–Crippen MR) is 102 cm³/mol. The van der Waals surface area contributed by atoms with Crippen molar-refractivity contribution in [3.63, 3.8) is 0 Å². The van der Waals surface area contributed by atoms with Crippen molar-refractivity contribution in [3.8, 4) is 5.75 Å². The highest BCUT2D eigenvalue weighted by atomic mass is 35.5. The number of ether oxygens (including phenoxy) is 1. The third-order valence-corrected chi connectivity index (χ3v) is 4.59. The summed E-state index contributed by atoms with van der Waals surface area (Å²) in [5, 5.41) is 3.67. The lowest BCUT2D eigenvalue weighted by molar-refractivity contribution is -0.123. The standard InChI is InChI=1S/C18H20Cl2N4O2/c19-13-4-5-16(15(20)10-13)26-12-17(25)22-11-14-6-7-21-18(23-14)24-8-2-1-3-9-24/h4-7,10H,1-3,8-9,11-12H2,(H,22,25). The lowest BCUT2D eigenvalue weighted by Crippen LogP contribution is -2.32. The number of benzene rings is 1. The summed E-state index contributed by atoms with van der Waals surface area (Å²) in [6, 6.07) is 6.65. The first-order chi connectivity index (χ1) is 12.6. The second-order valence-electron chi connectivity index (χ2n) is 6.04. The molecule has 1 saturated heterocycles. The van der Waals surface area contributed by atoms with E-state index < -0.39 is 0 Å². The molecule has 2 aromatic rings. The molecule has 138 valence electrons. The van der Waals surface area contributed by atoms with Crippen LogP contribution < -0.4 is 15.0 Å². The molecular formula is C18H20Cl2N4O2. The molecule has 1 aromatic heterocycles. The van der Waals surface area contributed by atoms with Crippen molar-refractivity contribution in [2.75, 3.05) is 24.6 Å². The number of carbonyl (C=O) groups excluding carboxylic acids is 1. The first-order valence-electron chi connectivity index (χ1n) is 8.53. The Labute approximate surface area is 162 Å². The number of anilines is 1. The molecule has 0 spiro atoms. The van der Waals surface area contributed by atoms with E-state index in [1.54, 1.807) is 30.5 Å². The Morgan fingerprint density at radius 2 is 2.00 bits per heavy atom. The molecule has 0 bridgehead atoms. The average molecular weight is 395 g/mol. The van der Waals surface area contributed by atoms with Crippen molar-refractivity contribution >= 4 is 35.1 Å². The second-order valence-corrected chi connectivity index (χ2v) is 6.88. The SMILES string of the molecule is O=C(COc1ccc(Cl)cc1Cl)NCc1ccnc(N2CCCCC2)n1. The monoisotopic (exact) mass is 394 g/mol. The molecule has 1 aliphatic rings. The average Bonchev–Trinajstić information content (AvgIpc) is 2.66. The first kappa shape index (κ1) is 18.7. The highest BCUT2D eigenvalue weighted by Gasteiger charge is 2.14. The third kappa shape index (κ3) is 5.22. The zero-order valence-corrected chi connectivity index (χ0v) is 15.8. The lowest BCUT2D eigenvalue weighted by Gasteiger charge is -2.26. The Balaban J connectivity index is 1.49. The molecule has 6 nitrogen and oxygen atoms in total. The van der Waals surface area contributed by atoms with Crippen LogP contribution in [0, 0.1) is 0 Å². The molecule has 1 N–H and O–H groups in total. The fraction of sp³-hybridized carbons (Fsp3) is 0.389. The van der Waals surface area contributed by atoms with Gasteiger partial charge in [0.05, 0.1) is 17.3 Å². The molecule has 0 radical (unpaired) electrons. The minimum atomic E-state index is -0.255. The van der Waals surface area contributed by atoms with Crippen LogP contribution in [0.15, 0.2) is 30.5 Å². The van der Waals surface area contributed by atoms with Crippen molar-refractivity contribution in [3.05, 3.63) is 46.2 Å². The zero-order valence-electron chi connectivity index (χ0n) is 14.3. The van der Waals surface area contributed by atoms with Gasteiger partial charge in [0, 0.05) is 24.3 Å². The summed E-state index contributed by atoms with van der Waals surface area (Å²) < 4.78 is 5.42. The van der Waals surface area contributed by atoms with Gasteiger partial charge in [0.1, 0.15) is 5.75 Å². The maximum atomic E-state index is 12.0. The summed E-state index contributed by atoms with van der Waals surface area (Å²) in [6.07, 6.45) is 5.30. The van der Waals surface area contributed by atoms with Gasteiger partial charge in [0.2, 0.25) is 5.95 Å². The number of carbonyl (C=O) groups is 1. The van der Waals surface area contributed by atoms with Gasteiger partial charge < -0.3 is 15.0 Å². The fourth-order valence-corrected chi connectivity index (χ4v) is 3.17. The Hall–Kier alpha value is -2.05. The van der Waals surface area contributed by atoms with Crippen molar-refractivity contribution < 1.29 is 9.53 Å². The summed E-state index contributed by atoms with van der Waals surface area (Å²) >= 11 is 11.8. The van der Waals surface area contributed by atoms with Crippen molar-refractivity contribution in [1.82, 2.24) is 15.3 Å². The predicted octanol–water partition coefficient (Wildman–Crippen LogP) is 3.47. The largest absolute Gasteiger partial charge is 0.482 e. The quantitative estimate of drug-likeness (QED) is 0.812. The van der Waals surface area contributed by atoms with Crippen LogP contribution in [0.1, 0.15) is 25.0 Å². The molecule has 1 amide bonds. The number of rotatable bonds is 6. The van der Waals surface area contributed by atoms with Crippen LogP contribution in [0.4, 0.5) is 5.95 Å². The smallest absolute Gasteiger partial charge is 0.258 e. The Morgan fingerprint density at radius 3 is 2.77 bits per heavy atom. The second kappa shape index (κ2) is 9.05. The van der Waals surface area contributed by atoms with Crippen molar-refractivity contribution in [2.24, 2.45) is 0 Å². The van der Waals surface area contributed by atoms with Gasteiger partial charge in [-0.05, 0) is 43.5 Å². The number of hydrogen-bond donors (Lipinski definition) is 1. The Bertz CT molecular complexity index is 767. The van der Waals surface area contributed by atoms with Crippen LogP contribution in [-0.2, 0) is 11.3 Å². The lowest BCUT2D eigenvalue weighted by atomic mass is 10.1. The van der Waals surface area contributed by atoms with Crippen LogP contribution in [0.5, 0.6) is 5.75 Å². The first-order valence-corrected chi connectivity index (χ1v) is 9.29. The molecule has 0 saturated carbocycles. The number of nitrogens with zero attached hydrogens (tertiary/aromatic N) is 3.